The second kappa shape index (κ2) is 50.5. The molecule has 0 saturated carbocycles. The Morgan fingerprint density at radius 1 is 0.311 bits per heavy atom. The van der Waals surface area contributed by atoms with Crippen LogP contribution in [0.1, 0.15) is 290 Å². The van der Waals surface area contributed by atoms with Crippen molar-refractivity contribution in [1.29, 1.82) is 0 Å². The van der Waals surface area contributed by atoms with Gasteiger partial charge in [0.25, 0.3) is 0 Å². The molecule has 0 spiro atoms. The summed E-state index contributed by atoms with van der Waals surface area (Å²) in [6, 6.07) is 0. The van der Waals surface area contributed by atoms with Gasteiger partial charge in [-0.1, -0.05) is 225 Å². The van der Waals surface area contributed by atoms with Crippen LogP contribution in [0.5, 0.6) is 0 Å². The summed E-state index contributed by atoms with van der Waals surface area (Å²) in [5.74, 6) is -0.881. The number of hydrogen-bond donors (Lipinski definition) is 0. The SMILES string of the molecule is CCCCCC/C=C\CCCCCCCCCC(=O)OCC(COC(=O)CCCCCCCCCCCCCCCC)OC(=O)CCCCC/C=C\CCCCCCCCC. The highest BCUT2D eigenvalue weighted by Crippen LogP contribution is 2.16. The number of unbranched alkanes of at least 4 members (excludes halogenated alkanes) is 34. The molecule has 0 bridgehead atoms. The van der Waals surface area contributed by atoms with Crippen molar-refractivity contribution in [1.82, 2.24) is 0 Å². The molecule has 0 radical (unpaired) electrons. The van der Waals surface area contributed by atoms with Crippen LogP contribution in [0.15, 0.2) is 24.3 Å². The van der Waals surface area contributed by atoms with Gasteiger partial charge in [-0.25, -0.2) is 0 Å². The van der Waals surface area contributed by atoms with E-state index in [0.29, 0.717) is 19.3 Å². The highest BCUT2D eigenvalue weighted by molar-refractivity contribution is 5.71. The zero-order chi connectivity index (χ0) is 44.4. The maximum atomic E-state index is 12.8. The summed E-state index contributed by atoms with van der Waals surface area (Å²) in [4.78, 5) is 38.0. The fraction of sp³-hybridized carbons (Fsp3) is 0.873. The van der Waals surface area contributed by atoms with Crippen molar-refractivity contribution in [2.45, 2.75) is 297 Å². The molecule has 0 amide bonds. The first-order valence-electron chi connectivity index (χ1n) is 26.8. The number of allylic oxidation sites excluding steroid dienone is 4. The Labute approximate surface area is 379 Å². The predicted molar refractivity (Wildman–Crippen MR) is 261 cm³/mol. The van der Waals surface area contributed by atoms with Gasteiger partial charge in [-0.15, -0.1) is 0 Å². The topological polar surface area (TPSA) is 78.9 Å². The van der Waals surface area contributed by atoms with Gasteiger partial charge in [0.1, 0.15) is 13.2 Å². The molecule has 1 atom stereocenters. The molecule has 0 aromatic heterocycles. The molecular formula is C55H102O6. The maximum absolute atomic E-state index is 12.8. The van der Waals surface area contributed by atoms with Crippen LogP contribution in [-0.4, -0.2) is 37.2 Å². The Morgan fingerprint density at radius 2 is 0.541 bits per heavy atom. The van der Waals surface area contributed by atoms with Gasteiger partial charge in [0, 0.05) is 19.3 Å². The molecular weight excluding hydrogens is 757 g/mol. The number of hydrogen-bond acceptors (Lipinski definition) is 6. The van der Waals surface area contributed by atoms with Crippen LogP contribution in [0.3, 0.4) is 0 Å². The summed E-state index contributed by atoms with van der Waals surface area (Å²) < 4.78 is 16.8. The fourth-order valence-corrected chi connectivity index (χ4v) is 7.84. The first-order valence-corrected chi connectivity index (χ1v) is 26.8. The van der Waals surface area contributed by atoms with Gasteiger partial charge in [0.15, 0.2) is 6.10 Å². The van der Waals surface area contributed by atoms with Crippen molar-refractivity contribution in [3.63, 3.8) is 0 Å². The van der Waals surface area contributed by atoms with Crippen LogP contribution >= 0.6 is 0 Å². The van der Waals surface area contributed by atoms with E-state index in [-0.39, 0.29) is 31.1 Å². The van der Waals surface area contributed by atoms with Crippen molar-refractivity contribution in [2.75, 3.05) is 13.2 Å². The van der Waals surface area contributed by atoms with Crippen LogP contribution in [0.2, 0.25) is 0 Å². The molecule has 0 fully saturated rings. The lowest BCUT2D eigenvalue weighted by molar-refractivity contribution is -0.167. The first-order chi connectivity index (χ1) is 30.0. The van der Waals surface area contributed by atoms with E-state index in [0.717, 1.165) is 70.6 Å². The van der Waals surface area contributed by atoms with Gasteiger partial charge in [0.2, 0.25) is 0 Å². The lowest BCUT2D eigenvalue weighted by Crippen LogP contribution is -2.30. The average molecular weight is 859 g/mol. The second-order valence-corrected chi connectivity index (χ2v) is 18.1. The quantitative estimate of drug-likeness (QED) is 0.0262. The minimum atomic E-state index is -0.776. The largest absolute Gasteiger partial charge is 0.462 e. The van der Waals surface area contributed by atoms with E-state index >= 15 is 0 Å². The molecule has 6 heteroatoms. The van der Waals surface area contributed by atoms with Crippen molar-refractivity contribution in [3.8, 4) is 0 Å². The molecule has 0 heterocycles. The number of esters is 3. The standard InChI is InChI=1S/C55H102O6/c1-4-7-10-13-16-19-22-25-28-31-33-36-39-42-45-48-54(57)60-51-52(61-55(58)49-46-43-40-37-34-30-27-24-21-18-15-12-9-6-3)50-59-53(56)47-44-41-38-35-32-29-26-23-20-17-14-11-8-5-2/h19,22,30,34,52H,4-18,20-21,23-29,31-33,35-51H2,1-3H3/b22-19-,34-30-. The predicted octanol–water partition coefficient (Wildman–Crippen LogP) is 17.5. The number of carbonyl (C=O) groups excluding carboxylic acids is 3. The van der Waals surface area contributed by atoms with Gasteiger partial charge in [-0.3, -0.25) is 14.4 Å². The second-order valence-electron chi connectivity index (χ2n) is 18.1. The minimum Gasteiger partial charge on any atom is -0.462 e. The highest BCUT2D eigenvalue weighted by atomic mass is 16.6. The van der Waals surface area contributed by atoms with E-state index < -0.39 is 6.10 Å². The number of ether oxygens (including phenoxy) is 3. The summed E-state index contributed by atoms with van der Waals surface area (Å²) >= 11 is 0. The Balaban J connectivity index is 4.36. The monoisotopic (exact) mass is 859 g/mol. The van der Waals surface area contributed by atoms with E-state index in [1.165, 1.54) is 180 Å². The summed E-state index contributed by atoms with van der Waals surface area (Å²) in [6.45, 7) is 6.64. The zero-order valence-corrected chi connectivity index (χ0v) is 40.9. The third-order valence-corrected chi connectivity index (χ3v) is 11.9. The molecule has 0 aliphatic carbocycles. The minimum absolute atomic E-state index is 0.0747. The zero-order valence-electron chi connectivity index (χ0n) is 40.9. The Kier molecular flexibility index (Phi) is 48.8. The van der Waals surface area contributed by atoms with Crippen molar-refractivity contribution in [2.24, 2.45) is 0 Å². The summed E-state index contributed by atoms with van der Waals surface area (Å²) in [5, 5.41) is 0. The molecule has 358 valence electrons. The first kappa shape index (κ1) is 58.9. The van der Waals surface area contributed by atoms with Crippen LogP contribution in [-0.2, 0) is 28.6 Å². The van der Waals surface area contributed by atoms with Gasteiger partial charge >= 0.3 is 17.9 Å². The van der Waals surface area contributed by atoms with Gasteiger partial charge < -0.3 is 14.2 Å². The van der Waals surface area contributed by atoms with E-state index in [1.807, 2.05) is 0 Å². The smallest absolute Gasteiger partial charge is 0.306 e. The maximum Gasteiger partial charge on any atom is 0.306 e. The van der Waals surface area contributed by atoms with Gasteiger partial charge in [0.05, 0.1) is 0 Å². The lowest BCUT2D eigenvalue weighted by Gasteiger charge is -2.18. The molecule has 0 aromatic rings. The Morgan fingerprint density at radius 3 is 0.852 bits per heavy atom. The number of rotatable bonds is 49. The van der Waals surface area contributed by atoms with E-state index in [4.69, 9.17) is 14.2 Å². The molecule has 0 aliphatic heterocycles. The lowest BCUT2D eigenvalue weighted by atomic mass is 10.0. The molecule has 0 N–H and O–H groups in total. The summed E-state index contributed by atoms with van der Waals surface area (Å²) in [6.07, 6.45) is 57.3. The van der Waals surface area contributed by atoms with Crippen LogP contribution in [0.4, 0.5) is 0 Å². The van der Waals surface area contributed by atoms with Crippen LogP contribution in [0, 0.1) is 0 Å². The summed E-state index contributed by atoms with van der Waals surface area (Å²) in [7, 11) is 0. The Hall–Kier alpha value is -2.11. The van der Waals surface area contributed by atoms with E-state index in [9.17, 15) is 14.4 Å². The van der Waals surface area contributed by atoms with Crippen LogP contribution in [0.25, 0.3) is 0 Å². The van der Waals surface area contributed by atoms with Crippen molar-refractivity contribution in [3.05, 3.63) is 24.3 Å². The normalized spacial score (nSPS) is 12.1. The van der Waals surface area contributed by atoms with Crippen molar-refractivity contribution < 1.29 is 28.6 Å². The van der Waals surface area contributed by atoms with Gasteiger partial charge in [-0.05, 0) is 70.6 Å². The molecule has 0 aromatic carbocycles. The third kappa shape index (κ3) is 48.8. The third-order valence-electron chi connectivity index (χ3n) is 11.9. The van der Waals surface area contributed by atoms with E-state index in [1.54, 1.807) is 0 Å². The van der Waals surface area contributed by atoms with Crippen LogP contribution < -0.4 is 0 Å². The van der Waals surface area contributed by atoms with Crippen molar-refractivity contribution >= 4 is 17.9 Å². The molecule has 0 aliphatic rings. The molecule has 0 rings (SSSR count). The molecule has 1 unspecified atom stereocenters. The molecule has 0 saturated heterocycles. The highest BCUT2D eigenvalue weighted by Gasteiger charge is 2.19. The Bertz CT molecular complexity index is 989. The van der Waals surface area contributed by atoms with E-state index in [2.05, 4.69) is 45.1 Å². The molecule has 61 heavy (non-hydrogen) atoms. The summed E-state index contributed by atoms with van der Waals surface area (Å²) in [5.41, 5.74) is 0. The fourth-order valence-electron chi connectivity index (χ4n) is 7.84. The molecule has 6 nitrogen and oxygen atoms in total. The number of carbonyl (C=O) groups is 3. The van der Waals surface area contributed by atoms with Gasteiger partial charge in [-0.2, -0.15) is 0 Å². The average Bonchev–Trinajstić information content (AvgIpc) is 3.26.